The number of hydrogen-bond donors (Lipinski definition) is 1. The van der Waals surface area contributed by atoms with E-state index in [1.165, 1.54) is 12.1 Å². The third kappa shape index (κ3) is 6.18. The van der Waals surface area contributed by atoms with Gasteiger partial charge in [-0.05, 0) is 55.7 Å². The molecular weight excluding hydrogens is 442 g/mol. The summed E-state index contributed by atoms with van der Waals surface area (Å²) >= 11 is 0. The van der Waals surface area contributed by atoms with Crippen LogP contribution in [0.3, 0.4) is 0 Å². The Morgan fingerprint density at radius 2 is 1.55 bits per heavy atom. The molecule has 0 aliphatic carbocycles. The van der Waals surface area contributed by atoms with E-state index in [-0.39, 0.29) is 11.3 Å². The summed E-state index contributed by atoms with van der Waals surface area (Å²) < 4.78 is 33.4. The number of benzene rings is 3. The number of sulfonamides is 1. The quantitative estimate of drug-likeness (QED) is 0.503. The topological polar surface area (TPSA) is 101 Å². The molecule has 0 spiro atoms. The minimum Gasteiger partial charge on any atom is -0.480 e. The van der Waals surface area contributed by atoms with Crippen LogP contribution in [0.25, 0.3) is 10.8 Å². The number of rotatable bonds is 8. The summed E-state index contributed by atoms with van der Waals surface area (Å²) in [5.41, 5.74) is -0.221. The van der Waals surface area contributed by atoms with Crippen LogP contribution in [0, 0.1) is 0 Å². The van der Waals surface area contributed by atoms with Gasteiger partial charge in [0.25, 0.3) is 0 Å². The van der Waals surface area contributed by atoms with Gasteiger partial charge < -0.3 is 9.84 Å². The van der Waals surface area contributed by atoms with Crippen molar-refractivity contribution in [2.24, 2.45) is 0 Å². The van der Waals surface area contributed by atoms with Crippen LogP contribution in [0.15, 0.2) is 77.7 Å². The van der Waals surface area contributed by atoms with Crippen molar-refractivity contribution in [3.8, 4) is 0 Å². The van der Waals surface area contributed by atoms with E-state index in [0.29, 0.717) is 10.9 Å². The Hall–Kier alpha value is -3.23. The maximum absolute atomic E-state index is 13.7. The van der Waals surface area contributed by atoms with Crippen molar-refractivity contribution in [3.63, 3.8) is 0 Å². The molecule has 3 aromatic rings. The summed E-state index contributed by atoms with van der Waals surface area (Å²) in [5, 5.41) is 11.5. The molecule has 0 bridgehead atoms. The normalized spacial score (nSPS) is 13.1. The van der Waals surface area contributed by atoms with Gasteiger partial charge in [0.2, 0.25) is 10.0 Å². The van der Waals surface area contributed by atoms with Gasteiger partial charge >= 0.3 is 11.9 Å². The summed E-state index contributed by atoms with van der Waals surface area (Å²) in [6.45, 7) is 4.25. The zero-order valence-electron chi connectivity index (χ0n) is 18.8. The standard InChI is InChI=1S/C25H27NO6S/c1-25(2,3)32-23(27)17-26(22(24(28)29)15-18-9-5-4-6-10-18)33(30,31)21-14-13-19-11-7-8-12-20(19)16-21/h4-14,16,22H,15,17H2,1-3H3,(H,28,29)/t22-/m0/s1. The molecule has 174 valence electrons. The van der Waals surface area contributed by atoms with E-state index < -0.39 is 40.1 Å². The molecule has 0 radical (unpaired) electrons. The number of hydrogen-bond acceptors (Lipinski definition) is 5. The first-order chi connectivity index (χ1) is 15.5. The van der Waals surface area contributed by atoms with Crippen molar-refractivity contribution in [2.75, 3.05) is 6.54 Å². The SMILES string of the molecule is CC(C)(C)OC(=O)CN([C@@H](Cc1ccccc1)C(=O)O)S(=O)(=O)c1ccc2ccccc2c1. The summed E-state index contributed by atoms with van der Waals surface area (Å²) in [7, 11) is -4.36. The number of aliphatic carboxylic acids is 1. The van der Waals surface area contributed by atoms with Crippen LogP contribution >= 0.6 is 0 Å². The second-order valence-corrected chi connectivity index (χ2v) is 10.6. The number of carboxylic acid groups (broad SMARTS) is 1. The smallest absolute Gasteiger partial charge is 0.322 e. The zero-order valence-corrected chi connectivity index (χ0v) is 19.6. The monoisotopic (exact) mass is 469 g/mol. The minimum atomic E-state index is -4.36. The fourth-order valence-corrected chi connectivity index (χ4v) is 5.04. The van der Waals surface area contributed by atoms with Gasteiger partial charge in [-0.2, -0.15) is 4.31 Å². The molecule has 1 atom stereocenters. The predicted molar refractivity (Wildman–Crippen MR) is 125 cm³/mol. The molecule has 0 aliphatic heterocycles. The highest BCUT2D eigenvalue weighted by atomic mass is 32.2. The van der Waals surface area contributed by atoms with Crippen molar-refractivity contribution < 1.29 is 27.9 Å². The molecule has 3 rings (SSSR count). The molecule has 7 nitrogen and oxygen atoms in total. The molecule has 0 unspecified atom stereocenters. The molecule has 0 saturated carbocycles. The Morgan fingerprint density at radius 1 is 0.939 bits per heavy atom. The number of carbonyl (C=O) groups is 2. The van der Waals surface area contributed by atoms with Crippen LogP contribution in [-0.4, -0.2) is 48.0 Å². The Labute approximate surface area is 193 Å². The lowest BCUT2D eigenvalue weighted by Gasteiger charge is -2.29. The van der Waals surface area contributed by atoms with Gasteiger partial charge in [-0.3, -0.25) is 9.59 Å². The van der Waals surface area contributed by atoms with Gasteiger partial charge in [-0.1, -0.05) is 60.7 Å². The Morgan fingerprint density at radius 3 is 2.15 bits per heavy atom. The van der Waals surface area contributed by atoms with E-state index in [4.69, 9.17) is 4.74 Å². The molecule has 0 amide bonds. The molecule has 3 aromatic carbocycles. The lowest BCUT2D eigenvalue weighted by atomic mass is 10.1. The highest BCUT2D eigenvalue weighted by molar-refractivity contribution is 7.89. The van der Waals surface area contributed by atoms with Gasteiger partial charge in [0, 0.05) is 0 Å². The average molecular weight is 470 g/mol. The second kappa shape index (κ2) is 9.72. The Kier molecular flexibility index (Phi) is 7.19. The van der Waals surface area contributed by atoms with Crippen LogP contribution in [-0.2, 0) is 30.8 Å². The first-order valence-electron chi connectivity index (χ1n) is 10.5. The highest BCUT2D eigenvalue weighted by Gasteiger charge is 2.38. The zero-order chi connectivity index (χ0) is 24.2. The minimum absolute atomic E-state index is 0.0935. The van der Waals surface area contributed by atoms with Crippen LogP contribution in [0.2, 0.25) is 0 Å². The number of fused-ring (bicyclic) bond motifs is 1. The van der Waals surface area contributed by atoms with Gasteiger partial charge in [0.15, 0.2) is 0 Å². The molecule has 0 fully saturated rings. The number of ether oxygens (including phenoxy) is 1. The number of carboxylic acids is 1. The third-order valence-electron chi connectivity index (χ3n) is 4.94. The molecule has 0 aromatic heterocycles. The average Bonchev–Trinajstić information content (AvgIpc) is 2.75. The van der Waals surface area contributed by atoms with Gasteiger partial charge in [-0.15, -0.1) is 0 Å². The van der Waals surface area contributed by atoms with Crippen LogP contribution in [0.5, 0.6) is 0 Å². The molecule has 8 heteroatoms. The van der Waals surface area contributed by atoms with Crippen LogP contribution < -0.4 is 0 Å². The highest BCUT2D eigenvalue weighted by Crippen LogP contribution is 2.25. The van der Waals surface area contributed by atoms with Crippen molar-refractivity contribution >= 4 is 32.7 Å². The fourth-order valence-electron chi connectivity index (χ4n) is 3.48. The maximum atomic E-state index is 13.7. The van der Waals surface area contributed by atoms with E-state index in [0.717, 1.165) is 9.69 Å². The van der Waals surface area contributed by atoms with Crippen molar-refractivity contribution in [1.29, 1.82) is 0 Å². The second-order valence-electron chi connectivity index (χ2n) is 8.69. The van der Waals surface area contributed by atoms with E-state index in [1.807, 2.05) is 12.1 Å². The largest absolute Gasteiger partial charge is 0.480 e. The lowest BCUT2D eigenvalue weighted by molar-refractivity contribution is -0.156. The molecule has 0 heterocycles. The number of nitrogens with zero attached hydrogens (tertiary/aromatic N) is 1. The van der Waals surface area contributed by atoms with Crippen molar-refractivity contribution in [2.45, 2.75) is 43.7 Å². The molecular formula is C25H27NO6S. The maximum Gasteiger partial charge on any atom is 0.322 e. The summed E-state index contributed by atoms with van der Waals surface area (Å²) in [6, 6.07) is 19.0. The van der Waals surface area contributed by atoms with Crippen molar-refractivity contribution in [1.82, 2.24) is 4.31 Å². The molecule has 0 saturated heterocycles. The first-order valence-corrected chi connectivity index (χ1v) is 11.9. The third-order valence-corrected chi connectivity index (χ3v) is 6.79. The summed E-state index contributed by atoms with van der Waals surface area (Å²) in [6.07, 6.45) is -0.105. The van der Waals surface area contributed by atoms with Crippen molar-refractivity contribution in [3.05, 3.63) is 78.4 Å². The predicted octanol–water partition coefficient (Wildman–Crippen LogP) is 3.87. The van der Waals surface area contributed by atoms with Crippen LogP contribution in [0.4, 0.5) is 0 Å². The Bertz CT molecular complexity index is 1250. The summed E-state index contributed by atoms with van der Waals surface area (Å²) in [5.74, 6) is -2.18. The van der Waals surface area contributed by atoms with E-state index in [9.17, 15) is 23.1 Å². The van der Waals surface area contributed by atoms with Gasteiger partial charge in [-0.25, -0.2) is 8.42 Å². The first kappa shape index (κ1) is 24.4. The summed E-state index contributed by atoms with van der Waals surface area (Å²) in [4.78, 5) is 24.8. The van der Waals surface area contributed by atoms with Gasteiger partial charge in [0.1, 0.15) is 18.2 Å². The number of esters is 1. The molecule has 1 N–H and O–H groups in total. The lowest BCUT2D eigenvalue weighted by Crippen LogP contribution is -2.49. The van der Waals surface area contributed by atoms with E-state index in [1.54, 1.807) is 69.3 Å². The van der Waals surface area contributed by atoms with E-state index >= 15 is 0 Å². The molecule has 0 aliphatic rings. The van der Waals surface area contributed by atoms with Crippen LogP contribution in [0.1, 0.15) is 26.3 Å². The number of carbonyl (C=O) groups excluding carboxylic acids is 1. The van der Waals surface area contributed by atoms with Gasteiger partial charge in [0.05, 0.1) is 4.90 Å². The molecule has 33 heavy (non-hydrogen) atoms. The fraction of sp³-hybridized carbons (Fsp3) is 0.280. The Balaban J connectivity index is 2.06. The van der Waals surface area contributed by atoms with E-state index in [2.05, 4.69) is 0 Å².